The Morgan fingerprint density at radius 3 is 2.36 bits per heavy atom. The van der Waals surface area contributed by atoms with Gasteiger partial charge < -0.3 is 14.6 Å². The molecule has 178 valence electrons. The molecule has 33 heavy (non-hydrogen) atoms. The number of aromatic hydroxyl groups is 1. The summed E-state index contributed by atoms with van der Waals surface area (Å²) in [4.78, 5) is 22.3. The third-order valence-corrected chi connectivity index (χ3v) is 4.87. The first-order valence-corrected chi connectivity index (χ1v) is 10.4. The van der Waals surface area contributed by atoms with E-state index >= 15 is 0 Å². The number of carbonyl (C=O) groups excluding carboxylic acids is 1. The lowest BCUT2D eigenvalue weighted by Gasteiger charge is -2.33. The Morgan fingerprint density at radius 1 is 1.18 bits per heavy atom. The number of rotatable bonds is 9. The molecule has 0 bridgehead atoms. The molecule has 9 nitrogen and oxygen atoms in total. The summed E-state index contributed by atoms with van der Waals surface area (Å²) in [5, 5.41) is 24.6. The Hall–Kier alpha value is -3.62. The van der Waals surface area contributed by atoms with E-state index in [4.69, 9.17) is 9.47 Å². The van der Waals surface area contributed by atoms with E-state index in [-0.39, 0.29) is 28.7 Å². The molecule has 0 radical (unpaired) electrons. The highest BCUT2D eigenvalue weighted by atomic mass is 16.6. The van der Waals surface area contributed by atoms with Gasteiger partial charge in [0.05, 0.1) is 18.2 Å². The number of phenolic OH excluding ortho intramolecular Hbond substituents is 1. The van der Waals surface area contributed by atoms with Gasteiger partial charge in [-0.25, -0.2) is 5.43 Å². The topological polar surface area (TPSA) is 123 Å². The lowest BCUT2D eigenvalue weighted by atomic mass is 9.72. The van der Waals surface area contributed by atoms with Crippen LogP contribution in [0.4, 0.5) is 5.69 Å². The smallest absolute Gasteiger partial charge is 0.315 e. The molecule has 0 aliphatic heterocycles. The summed E-state index contributed by atoms with van der Waals surface area (Å²) >= 11 is 0. The summed E-state index contributed by atoms with van der Waals surface area (Å²) < 4.78 is 10.4. The van der Waals surface area contributed by atoms with Crippen molar-refractivity contribution in [2.24, 2.45) is 10.5 Å². The predicted molar refractivity (Wildman–Crippen MR) is 126 cm³/mol. The number of ether oxygens (including phenoxy) is 2. The quantitative estimate of drug-likeness (QED) is 0.323. The average Bonchev–Trinajstić information content (AvgIpc) is 2.71. The molecule has 0 aliphatic carbocycles. The number of amides is 1. The molecule has 2 rings (SSSR count). The van der Waals surface area contributed by atoms with E-state index in [1.807, 2.05) is 24.3 Å². The first-order valence-electron chi connectivity index (χ1n) is 10.4. The van der Waals surface area contributed by atoms with Gasteiger partial charge in [0, 0.05) is 11.6 Å². The molecule has 0 unspecified atom stereocenters. The molecule has 2 aromatic carbocycles. The van der Waals surface area contributed by atoms with Crippen LogP contribution in [-0.2, 0) is 10.2 Å². The highest BCUT2D eigenvalue weighted by Gasteiger charge is 2.27. The third-order valence-electron chi connectivity index (χ3n) is 4.87. The highest BCUT2D eigenvalue weighted by Crippen LogP contribution is 2.37. The van der Waals surface area contributed by atoms with Crippen LogP contribution < -0.4 is 14.9 Å². The Labute approximate surface area is 193 Å². The molecule has 0 aromatic heterocycles. The predicted octanol–water partition coefficient (Wildman–Crippen LogP) is 4.55. The number of hydrazone groups is 1. The third kappa shape index (κ3) is 7.48. The van der Waals surface area contributed by atoms with Gasteiger partial charge in [-0.1, -0.05) is 46.8 Å². The van der Waals surface area contributed by atoms with Crippen LogP contribution in [0.2, 0.25) is 0 Å². The number of phenols is 1. The fraction of sp³-hybridized carbons (Fsp3) is 0.417. The lowest BCUT2D eigenvalue weighted by Crippen LogP contribution is -2.25. The van der Waals surface area contributed by atoms with Gasteiger partial charge in [0.1, 0.15) is 5.75 Å². The largest absolute Gasteiger partial charge is 0.500 e. The summed E-state index contributed by atoms with van der Waals surface area (Å²) in [5.41, 5.74) is 3.44. The maximum absolute atomic E-state index is 12.0. The van der Waals surface area contributed by atoms with E-state index in [1.54, 1.807) is 0 Å². The normalized spacial score (nSPS) is 11.9. The van der Waals surface area contributed by atoms with Crippen LogP contribution in [0, 0.1) is 15.5 Å². The molecule has 2 aromatic rings. The molecule has 2 N–H and O–H groups in total. The fourth-order valence-electron chi connectivity index (χ4n) is 3.77. The van der Waals surface area contributed by atoms with Crippen molar-refractivity contribution in [1.29, 1.82) is 0 Å². The van der Waals surface area contributed by atoms with E-state index in [0.29, 0.717) is 5.75 Å². The zero-order chi connectivity index (χ0) is 24.8. The summed E-state index contributed by atoms with van der Waals surface area (Å²) in [6, 6.07) is 10.1. The number of hydrogen-bond acceptors (Lipinski definition) is 7. The van der Waals surface area contributed by atoms with E-state index < -0.39 is 22.3 Å². The number of benzene rings is 2. The van der Waals surface area contributed by atoms with Gasteiger partial charge >= 0.3 is 5.69 Å². The van der Waals surface area contributed by atoms with Gasteiger partial charge in [0.25, 0.3) is 5.91 Å². The molecular formula is C24H31N3O6. The fourth-order valence-corrected chi connectivity index (χ4v) is 3.77. The minimum Gasteiger partial charge on any atom is -0.500 e. The van der Waals surface area contributed by atoms with Crippen LogP contribution in [0.1, 0.15) is 52.2 Å². The van der Waals surface area contributed by atoms with E-state index in [1.165, 1.54) is 25.0 Å². The van der Waals surface area contributed by atoms with Crippen LogP contribution in [0.15, 0.2) is 41.5 Å². The molecule has 0 fully saturated rings. The van der Waals surface area contributed by atoms with E-state index in [2.05, 4.69) is 45.1 Å². The number of nitrogens with zero attached hydrogens (tertiary/aromatic N) is 2. The number of carbonyl (C=O) groups is 1. The van der Waals surface area contributed by atoms with Crippen molar-refractivity contribution in [1.82, 2.24) is 5.43 Å². The van der Waals surface area contributed by atoms with Crippen molar-refractivity contribution in [2.45, 2.75) is 46.5 Å². The summed E-state index contributed by atoms with van der Waals surface area (Å²) in [6.07, 6.45) is 2.23. The Morgan fingerprint density at radius 2 is 1.82 bits per heavy atom. The van der Waals surface area contributed by atoms with Crippen LogP contribution in [0.25, 0.3) is 0 Å². The van der Waals surface area contributed by atoms with Crippen LogP contribution in [-0.4, -0.2) is 35.9 Å². The van der Waals surface area contributed by atoms with Crippen LogP contribution in [0.5, 0.6) is 17.2 Å². The number of hydrogen-bond donors (Lipinski definition) is 2. The van der Waals surface area contributed by atoms with Crippen LogP contribution >= 0.6 is 0 Å². The molecule has 0 aliphatic rings. The molecule has 0 saturated carbocycles. The Kier molecular flexibility index (Phi) is 8.03. The van der Waals surface area contributed by atoms with Gasteiger partial charge in [0.15, 0.2) is 12.4 Å². The van der Waals surface area contributed by atoms with Crippen molar-refractivity contribution in [3.05, 3.63) is 57.6 Å². The maximum Gasteiger partial charge on any atom is 0.315 e. The first kappa shape index (κ1) is 25.6. The van der Waals surface area contributed by atoms with E-state index in [9.17, 15) is 20.0 Å². The molecule has 1 amide bonds. The first-order chi connectivity index (χ1) is 15.3. The minimum absolute atomic E-state index is 0.00878. The average molecular weight is 458 g/mol. The lowest BCUT2D eigenvalue weighted by molar-refractivity contribution is -0.386. The van der Waals surface area contributed by atoms with Gasteiger partial charge in [0.2, 0.25) is 5.75 Å². The summed E-state index contributed by atoms with van der Waals surface area (Å²) in [7, 11) is 1.27. The molecular weight excluding hydrogens is 426 g/mol. The number of nitro groups is 1. The Balaban J connectivity index is 1.94. The Bertz CT molecular complexity index is 1020. The number of nitrogens with one attached hydrogen (secondary N) is 1. The van der Waals surface area contributed by atoms with Crippen molar-refractivity contribution in [3.63, 3.8) is 0 Å². The number of methoxy groups -OCH3 is 1. The van der Waals surface area contributed by atoms with Gasteiger partial charge in [-0.05, 0) is 41.0 Å². The monoisotopic (exact) mass is 457 g/mol. The van der Waals surface area contributed by atoms with Gasteiger partial charge in [-0.3, -0.25) is 14.9 Å². The summed E-state index contributed by atoms with van der Waals surface area (Å²) in [5.74, 6) is -0.591. The SMILES string of the molecule is COc1cc(/C=N\NC(=O)COc2ccc(C(C)(C)CC(C)(C)C)cc2)cc([N+](=O)[O-])c1O. The van der Waals surface area contributed by atoms with Crippen molar-refractivity contribution < 1.29 is 24.3 Å². The molecule has 9 heteroatoms. The van der Waals surface area contributed by atoms with Crippen molar-refractivity contribution >= 4 is 17.8 Å². The van der Waals surface area contributed by atoms with E-state index in [0.717, 1.165) is 12.5 Å². The maximum atomic E-state index is 12.0. The highest BCUT2D eigenvalue weighted by molar-refractivity contribution is 5.85. The van der Waals surface area contributed by atoms with Gasteiger partial charge in [-0.15, -0.1) is 0 Å². The second kappa shape index (κ2) is 10.3. The molecule has 0 spiro atoms. The van der Waals surface area contributed by atoms with Crippen molar-refractivity contribution in [3.8, 4) is 17.2 Å². The standard InChI is InChI=1S/C24H31N3O6/c1-23(2,3)15-24(4,5)17-7-9-18(10-8-17)33-14-21(28)26-25-13-16-11-19(27(30)31)22(29)20(12-16)32-6/h7-13,29H,14-15H2,1-6H3,(H,26,28)/b25-13-. The second-order valence-electron chi connectivity index (χ2n) is 9.58. The number of nitro benzene ring substituents is 1. The molecule has 0 atom stereocenters. The van der Waals surface area contributed by atoms with Gasteiger partial charge in [-0.2, -0.15) is 5.10 Å². The van der Waals surface area contributed by atoms with Crippen LogP contribution in [0.3, 0.4) is 0 Å². The van der Waals surface area contributed by atoms with Crippen molar-refractivity contribution in [2.75, 3.05) is 13.7 Å². The molecule has 0 heterocycles. The summed E-state index contributed by atoms with van der Waals surface area (Å²) in [6.45, 7) is 10.8. The molecule has 0 saturated heterocycles. The minimum atomic E-state index is -0.739. The second-order valence-corrected chi connectivity index (χ2v) is 9.58. The zero-order valence-corrected chi connectivity index (χ0v) is 19.8. The zero-order valence-electron chi connectivity index (χ0n) is 19.8.